The number of hydrogen-bond donors (Lipinski definition) is 1. The van der Waals surface area contributed by atoms with Crippen LogP contribution in [0.1, 0.15) is 6.42 Å². The number of nitrogens with one attached hydrogen (secondary N) is 1. The first-order valence-electron chi connectivity index (χ1n) is 5.32. The lowest BCUT2D eigenvalue weighted by molar-refractivity contribution is -0.127. The fourth-order valence-electron chi connectivity index (χ4n) is 1.73. The van der Waals surface area contributed by atoms with E-state index in [2.05, 4.69) is 10.3 Å². The zero-order valence-corrected chi connectivity index (χ0v) is 9.65. The van der Waals surface area contributed by atoms with Crippen molar-refractivity contribution in [2.45, 2.75) is 11.8 Å². The Hall–Kier alpha value is -1.29. The lowest BCUT2D eigenvalue weighted by Crippen LogP contribution is -2.30. The van der Waals surface area contributed by atoms with Crippen LogP contribution in [-0.2, 0) is 4.79 Å². The number of nitrogens with zero attached hydrogens (tertiary/aromatic N) is 2. The van der Waals surface area contributed by atoms with Gasteiger partial charge in [0.25, 0.3) is 0 Å². The molecule has 0 bridgehead atoms. The Balaban J connectivity index is 1.74. The van der Waals surface area contributed by atoms with E-state index in [-0.39, 0.29) is 11.3 Å². The van der Waals surface area contributed by atoms with Crippen molar-refractivity contribution in [3.8, 4) is 0 Å². The highest BCUT2D eigenvalue weighted by Gasteiger charge is 2.27. The molecule has 16 heavy (non-hydrogen) atoms. The zero-order valence-electron chi connectivity index (χ0n) is 8.90. The molecule has 0 radical (unpaired) electrons. The Morgan fingerprint density at radius 3 is 3.06 bits per heavy atom. The van der Waals surface area contributed by atoms with Crippen molar-refractivity contribution in [2.75, 3.05) is 25.0 Å². The molecule has 5 heteroatoms. The smallest absolute Gasteiger partial charge is 0.224 e. The first kappa shape index (κ1) is 11.2. The second-order valence-corrected chi connectivity index (χ2v) is 4.40. The SMILES string of the molecule is O=C1CC(Cl)CN1CCNc1ccccn1. The number of carbonyl (C=O) groups is 1. The van der Waals surface area contributed by atoms with Crippen molar-refractivity contribution in [2.24, 2.45) is 0 Å². The molecule has 1 unspecified atom stereocenters. The maximum atomic E-state index is 11.4. The Morgan fingerprint density at radius 2 is 2.44 bits per heavy atom. The minimum atomic E-state index is -0.0256. The molecule has 1 aromatic rings. The van der Waals surface area contributed by atoms with Gasteiger partial charge in [-0.3, -0.25) is 4.79 Å². The van der Waals surface area contributed by atoms with E-state index < -0.39 is 0 Å². The van der Waals surface area contributed by atoms with Crippen LogP contribution in [0.15, 0.2) is 24.4 Å². The summed E-state index contributed by atoms with van der Waals surface area (Å²) in [6.45, 7) is 2.04. The molecule has 2 heterocycles. The third-order valence-electron chi connectivity index (χ3n) is 2.52. The largest absolute Gasteiger partial charge is 0.368 e. The van der Waals surface area contributed by atoms with Gasteiger partial charge in [0.2, 0.25) is 5.91 Å². The normalized spacial score (nSPS) is 20.2. The van der Waals surface area contributed by atoms with Crippen LogP contribution in [0.3, 0.4) is 0 Å². The monoisotopic (exact) mass is 239 g/mol. The van der Waals surface area contributed by atoms with E-state index in [4.69, 9.17) is 11.6 Å². The second kappa shape index (κ2) is 5.16. The van der Waals surface area contributed by atoms with Crippen LogP contribution in [0.2, 0.25) is 0 Å². The number of aromatic nitrogens is 1. The number of pyridine rings is 1. The topological polar surface area (TPSA) is 45.2 Å². The van der Waals surface area contributed by atoms with E-state index in [0.717, 1.165) is 5.82 Å². The first-order chi connectivity index (χ1) is 7.75. The van der Waals surface area contributed by atoms with Crippen LogP contribution in [0.4, 0.5) is 5.82 Å². The number of carbonyl (C=O) groups excluding carboxylic acids is 1. The van der Waals surface area contributed by atoms with Crippen LogP contribution in [0.5, 0.6) is 0 Å². The molecule has 1 aromatic heterocycles. The van der Waals surface area contributed by atoms with E-state index in [1.165, 1.54) is 0 Å². The van der Waals surface area contributed by atoms with Crippen LogP contribution >= 0.6 is 11.6 Å². The number of amides is 1. The molecule has 0 spiro atoms. The molecular weight excluding hydrogens is 226 g/mol. The summed E-state index contributed by atoms with van der Waals surface area (Å²) in [6.07, 6.45) is 2.20. The maximum Gasteiger partial charge on any atom is 0.224 e. The van der Waals surface area contributed by atoms with Crippen molar-refractivity contribution in [1.82, 2.24) is 9.88 Å². The summed E-state index contributed by atoms with van der Waals surface area (Å²) >= 11 is 5.90. The third-order valence-corrected chi connectivity index (χ3v) is 2.81. The van der Waals surface area contributed by atoms with Crippen LogP contribution in [0.25, 0.3) is 0 Å². The van der Waals surface area contributed by atoms with Crippen molar-refractivity contribution in [3.05, 3.63) is 24.4 Å². The molecule has 0 aromatic carbocycles. The van der Waals surface area contributed by atoms with E-state index in [1.807, 2.05) is 18.2 Å². The highest BCUT2D eigenvalue weighted by molar-refractivity contribution is 6.22. The predicted octanol–water partition coefficient (Wildman–Crippen LogP) is 1.33. The van der Waals surface area contributed by atoms with Gasteiger partial charge >= 0.3 is 0 Å². The molecule has 0 aliphatic carbocycles. The lowest BCUT2D eigenvalue weighted by Gasteiger charge is -2.15. The van der Waals surface area contributed by atoms with Crippen molar-refractivity contribution >= 4 is 23.3 Å². The van der Waals surface area contributed by atoms with Gasteiger partial charge < -0.3 is 10.2 Å². The third kappa shape index (κ3) is 2.85. The fourth-order valence-corrected chi connectivity index (χ4v) is 2.02. The summed E-state index contributed by atoms with van der Waals surface area (Å²) in [7, 11) is 0. The average Bonchev–Trinajstić information content (AvgIpc) is 2.59. The molecule has 0 saturated carbocycles. The molecular formula is C11H14ClN3O. The van der Waals surface area contributed by atoms with Gasteiger partial charge in [0.05, 0.1) is 5.38 Å². The van der Waals surface area contributed by atoms with Gasteiger partial charge in [-0.2, -0.15) is 0 Å². The molecule has 1 fully saturated rings. The molecule has 1 amide bonds. The fraction of sp³-hybridized carbons (Fsp3) is 0.455. The van der Waals surface area contributed by atoms with E-state index in [9.17, 15) is 4.79 Å². The summed E-state index contributed by atoms with van der Waals surface area (Å²) in [5.41, 5.74) is 0. The molecule has 1 saturated heterocycles. The molecule has 86 valence electrons. The molecule has 4 nitrogen and oxygen atoms in total. The summed E-state index contributed by atoms with van der Waals surface area (Å²) in [4.78, 5) is 17.3. The summed E-state index contributed by atoms with van der Waals surface area (Å²) < 4.78 is 0. The second-order valence-electron chi connectivity index (χ2n) is 3.78. The summed E-state index contributed by atoms with van der Waals surface area (Å²) in [5, 5.41) is 3.13. The van der Waals surface area contributed by atoms with Crippen molar-refractivity contribution < 1.29 is 4.79 Å². The Labute approximate surface area is 99.6 Å². The Bertz CT molecular complexity index is 358. The quantitative estimate of drug-likeness (QED) is 0.807. The van der Waals surface area contributed by atoms with E-state index in [1.54, 1.807) is 11.1 Å². The number of hydrogen-bond acceptors (Lipinski definition) is 3. The maximum absolute atomic E-state index is 11.4. The van der Waals surface area contributed by atoms with E-state index >= 15 is 0 Å². The minimum absolute atomic E-state index is 0.0256. The predicted molar refractivity (Wildman–Crippen MR) is 63.6 cm³/mol. The van der Waals surface area contributed by atoms with Crippen molar-refractivity contribution in [1.29, 1.82) is 0 Å². The van der Waals surface area contributed by atoms with Gasteiger partial charge in [0, 0.05) is 32.3 Å². The number of halogens is 1. The number of anilines is 1. The van der Waals surface area contributed by atoms with Crippen LogP contribution in [0, 0.1) is 0 Å². The van der Waals surface area contributed by atoms with Gasteiger partial charge in [0.1, 0.15) is 5.82 Å². The Kier molecular flexibility index (Phi) is 3.62. The first-order valence-corrected chi connectivity index (χ1v) is 5.76. The number of rotatable bonds is 4. The minimum Gasteiger partial charge on any atom is -0.368 e. The standard InChI is InChI=1S/C11H14ClN3O/c12-9-7-11(16)15(8-9)6-5-14-10-3-1-2-4-13-10/h1-4,9H,5-8H2,(H,13,14). The van der Waals surface area contributed by atoms with Gasteiger partial charge in [-0.05, 0) is 12.1 Å². The van der Waals surface area contributed by atoms with Gasteiger partial charge in [-0.1, -0.05) is 6.07 Å². The van der Waals surface area contributed by atoms with Crippen LogP contribution in [-0.4, -0.2) is 40.8 Å². The number of alkyl halides is 1. The van der Waals surface area contributed by atoms with Gasteiger partial charge in [-0.25, -0.2) is 4.98 Å². The molecule has 1 aliphatic heterocycles. The number of likely N-dealkylation sites (tertiary alicyclic amines) is 1. The molecule has 1 aliphatic rings. The summed E-state index contributed by atoms with van der Waals surface area (Å²) in [6, 6.07) is 5.69. The average molecular weight is 240 g/mol. The lowest BCUT2D eigenvalue weighted by atomic mass is 10.4. The van der Waals surface area contributed by atoms with Gasteiger partial charge in [-0.15, -0.1) is 11.6 Å². The Morgan fingerprint density at radius 1 is 1.56 bits per heavy atom. The molecule has 1 atom stereocenters. The van der Waals surface area contributed by atoms with Crippen molar-refractivity contribution in [3.63, 3.8) is 0 Å². The van der Waals surface area contributed by atoms with E-state index in [0.29, 0.717) is 26.1 Å². The highest BCUT2D eigenvalue weighted by atomic mass is 35.5. The molecule has 2 rings (SSSR count). The summed E-state index contributed by atoms with van der Waals surface area (Å²) in [5.74, 6) is 0.972. The van der Waals surface area contributed by atoms with Crippen LogP contribution < -0.4 is 5.32 Å². The molecule has 1 N–H and O–H groups in total. The highest BCUT2D eigenvalue weighted by Crippen LogP contribution is 2.15. The van der Waals surface area contributed by atoms with Gasteiger partial charge in [0.15, 0.2) is 0 Å². The zero-order chi connectivity index (χ0) is 11.4.